The third kappa shape index (κ3) is 3.40. The molecule has 0 bridgehead atoms. The molecule has 0 unspecified atom stereocenters. The number of furan rings is 1. The van der Waals surface area contributed by atoms with Crippen LogP contribution in [0.3, 0.4) is 0 Å². The fraction of sp³-hybridized carbons (Fsp3) is 0.227. The lowest BCUT2D eigenvalue weighted by atomic mass is 10.1. The quantitative estimate of drug-likeness (QED) is 0.501. The molecular weight excluding hydrogens is 388 g/mol. The first-order valence-corrected chi connectivity index (χ1v) is 10.1. The van der Waals surface area contributed by atoms with E-state index in [9.17, 15) is 4.79 Å². The van der Waals surface area contributed by atoms with E-state index in [1.165, 1.54) is 6.42 Å². The third-order valence-corrected chi connectivity index (χ3v) is 5.38. The highest BCUT2D eigenvalue weighted by Crippen LogP contribution is 2.34. The van der Waals surface area contributed by atoms with Gasteiger partial charge in [-0.15, -0.1) is 0 Å². The zero-order valence-corrected chi connectivity index (χ0v) is 16.4. The van der Waals surface area contributed by atoms with Gasteiger partial charge in [0.2, 0.25) is 5.82 Å². The summed E-state index contributed by atoms with van der Waals surface area (Å²) in [6.07, 6.45) is 3.39. The van der Waals surface area contributed by atoms with Gasteiger partial charge in [0.15, 0.2) is 11.4 Å². The molecule has 0 saturated carbocycles. The van der Waals surface area contributed by atoms with Gasteiger partial charge in [0.25, 0.3) is 5.91 Å². The van der Waals surface area contributed by atoms with Gasteiger partial charge in [-0.05, 0) is 49.6 Å². The van der Waals surface area contributed by atoms with E-state index >= 15 is 0 Å². The molecule has 6 nitrogen and oxygen atoms in total. The average molecular weight is 407 g/mol. The van der Waals surface area contributed by atoms with E-state index in [0.717, 1.165) is 36.9 Å². The molecule has 5 rings (SSSR count). The van der Waals surface area contributed by atoms with Gasteiger partial charge in [-0.2, -0.15) is 0 Å². The van der Waals surface area contributed by atoms with Crippen molar-refractivity contribution in [1.29, 1.82) is 0 Å². The molecule has 0 spiro atoms. The Morgan fingerprint density at radius 3 is 2.69 bits per heavy atom. The van der Waals surface area contributed by atoms with Crippen molar-refractivity contribution < 1.29 is 9.21 Å². The summed E-state index contributed by atoms with van der Waals surface area (Å²) in [7, 11) is 0. The summed E-state index contributed by atoms with van der Waals surface area (Å²) in [6, 6.07) is 14.7. The van der Waals surface area contributed by atoms with Crippen LogP contribution in [0.25, 0.3) is 22.1 Å². The molecule has 0 atom stereocenters. The number of nitrogens with one attached hydrogen (secondary N) is 1. The van der Waals surface area contributed by atoms with Crippen molar-refractivity contribution in [1.82, 2.24) is 9.97 Å². The number of aromatic nitrogens is 2. The first kappa shape index (κ1) is 17.9. The Kier molecular flexibility index (Phi) is 4.56. The highest BCUT2D eigenvalue weighted by Gasteiger charge is 2.23. The van der Waals surface area contributed by atoms with Crippen molar-refractivity contribution in [3.05, 3.63) is 59.4 Å². The van der Waals surface area contributed by atoms with E-state index in [2.05, 4.69) is 20.2 Å². The van der Waals surface area contributed by atoms with Crippen LogP contribution in [0.5, 0.6) is 0 Å². The highest BCUT2D eigenvalue weighted by molar-refractivity contribution is 6.31. The second-order valence-electron chi connectivity index (χ2n) is 7.16. The number of fused-ring (bicyclic) bond motifs is 3. The summed E-state index contributed by atoms with van der Waals surface area (Å²) in [5.74, 6) is 0.421. The Hall–Kier alpha value is -3.12. The number of para-hydroxylation sites is 1. The second-order valence-corrected chi connectivity index (χ2v) is 7.60. The Morgan fingerprint density at radius 2 is 1.86 bits per heavy atom. The average Bonchev–Trinajstić information content (AvgIpc) is 3.12. The third-order valence-electron chi connectivity index (χ3n) is 5.14. The van der Waals surface area contributed by atoms with E-state index < -0.39 is 0 Å². The lowest BCUT2D eigenvalue weighted by molar-refractivity contribution is 0.101. The molecule has 2 aromatic heterocycles. The van der Waals surface area contributed by atoms with Gasteiger partial charge < -0.3 is 14.6 Å². The summed E-state index contributed by atoms with van der Waals surface area (Å²) in [5.41, 5.74) is 2.63. The van der Waals surface area contributed by atoms with Gasteiger partial charge in [-0.3, -0.25) is 4.79 Å². The maximum absolute atomic E-state index is 12.9. The highest BCUT2D eigenvalue weighted by atomic mass is 35.5. The monoisotopic (exact) mass is 406 g/mol. The molecular formula is C22H19ClN4O2. The van der Waals surface area contributed by atoms with Gasteiger partial charge in [0.05, 0.1) is 0 Å². The van der Waals surface area contributed by atoms with Crippen molar-refractivity contribution in [2.45, 2.75) is 19.3 Å². The van der Waals surface area contributed by atoms with Crippen LogP contribution < -0.4 is 10.2 Å². The standard InChI is InChI=1S/C22H19ClN4O2/c23-14-7-6-8-15(13-14)24-22(28)20-25-18-16-9-2-3-10-17(16)29-19(18)21(26-20)27-11-4-1-5-12-27/h2-3,6-10,13H,1,4-5,11-12H2,(H,24,28). The van der Waals surface area contributed by atoms with Crippen molar-refractivity contribution >= 4 is 51.1 Å². The number of benzene rings is 2. The number of rotatable bonds is 3. The topological polar surface area (TPSA) is 71.3 Å². The molecule has 1 fully saturated rings. The maximum Gasteiger partial charge on any atom is 0.293 e. The number of amides is 1. The lowest BCUT2D eigenvalue weighted by Crippen LogP contribution is -2.31. The number of carbonyl (C=O) groups excluding carboxylic acids is 1. The summed E-state index contributed by atoms with van der Waals surface area (Å²) in [4.78, 5) is 24.3. The number of carbonyl (C=O) groups is 1. The number of halogens is 1. The lowest BCUT2D eigenvalue weighted by Gasteiger charge is -2.27. The Bertz CT molecular complexity index is 1210. The van der Waals surface area contributed by atoms with Gasteiger partial charge in [-0.1, -0.05) is 29.8 Å². The summed E-state index contributed by atoms with van der Waals surface area (Å²) >= 11 is 6.03. The largest absolute Gasteiger partial charge is 0.450 e. The van der Waals surface area contributed by atoms with Crippen molar-refractivity contribution in [3.8, 4) is 0 Å². The first-order valence-electron chi connectivity index (χ1n) is 9.70. The number of hydrogen-bond acceptors (Lipinski definition) is 5. The molecule has 1 aliphatic heterocycles. The summed E-state index contributed by atoms with van der Waals surface area (Å²) in [5, 5.41) is 4.26. The molecule has 146 valence electrons. The van der Waals surface area contributed by atoms with E-state index in [4.69, 9.17) is 16.0 Å². The minimum atomic E-state index is -0.377. The molecule has 1 aliphatic rings. The van der Waals surface area contributed by atoms with Crippen molar-refractivity contribution in [3.63, 3.8) is 0 Å². The number of hydrogen-bond donors (Lipinski definition) is 1. The van der Waals surface area contributed by atoms with E-state index in [1.807, 2.05) is 24.3 Å². The van der Waals surface area contributed by atoms with Crippen LogP contribution in [-0.2, 0) is 0 Å². The number of nitrogens with zero attached hydrogens (tertiary/aromatic N) is 3. The van der Waals surface area contributed by atoms with Crippen molar-refractivity contribution in [2.24, 2.45) is 0 Å². The molecule has 2 aromatic carbocycles. The van der Waals surface area contributed by atoms with Crippen LogP contribution in [-0.4, -0.2) is 29.0 Å². The predicted octanol–water partition coefficient (Wildman–Crippen LogP) is 5.27. The second kappa shape index (κ2) is 7.37. The number of piperidine rings is 1. The number of anilines is 2. The Morgan fingerprint density at radius 1 is 1.03 bits per heavy atom. The van der Waals surface area contributed by atoms with E-state index in [-0.39, 0.29) is 11.7 Å². The molecule has 0 aliphatic carbocycles. The molecule has 29 heavy (non-hydrogen) atoms. The van der Waals surface area contributed by atoms with Crippen LogP contribution in [0.2, 0.25) is 5.02 Å². The van der Waals surface area contributed by atoms with Gasteiger partial charge in [-0.25, -0.2) is 9.97 Å². The zero-order valence-electron chi connectivity index (χ0n) is 15.7. The SMILES string of the molecule is O=C(Nc1cccc(Cl)c1)c1nc(N2CCCCC2)c2oc3ccccc3c2n1. The van der Waals surface area contributed by atoms with Crippen molar-refractivity contribution in [2.75, 3.05) is 23.3 Å². The van der Waals surface area contributed by atoms with Gasteiger partial charge >= 0.3 is 0 Å². The summed E-state index contributed by atoms with van der Waals surface area (Å²) < 4.78 is 6.09. The molecule has 3 heterocycles. The Labute approximate surface area is 172 Å². The fourth-order valence-corrected chi connectivity index (χ4v) is 3.94. The van der Waals surface area contributed by atoms with Gasteiger partial charge in [0, 0.05) is 29.2 Å². The van der Waals surface area contributed by atoms with Crippen LogP contribution in [0.15, 0.2) is 52.9 Å². The smallest absolute Gasteiger partial charge is 0.293 e. The van der Waals surface area contributed by atoms with Crippen LogP contribution in [0, 0.1) is 0 Å². The maximum atomic E-state index is 12.9. The van der Waals surface area contributed by atoms with Gasteiger partial charge in [0.1, 0.15) is 11.1 Å². The molecule has 4 aromatic rings. The van der Waals surface area contributed by atoms with E-state index in [0.29, 0.717) is 27.6 Å². The molecule has 1 amide bonds. The minimum Gasteiger partial charge on any atom is -0.450 e. The molecule has 0 radical (unpaired) electrons. The molecule has 1 saturated heterocycles. The normalized spacial score (nSPS) is 14.4. The molecule has 1 N–H and O–H groups in total. The minimum absolute atomic E-state index is 0.115. The first-order chi connectivity index (χ1) is 14.2. The molecule has 7 heteroatoms. The Balaban J connectivity index is 1.63. The van der Waals surface area contributed by atoms with E-state index in [1.54, 1.807) is 24.3 Å². The summed E-state index contributed by atoms with van der Waals surface area (Å²) in [6.45, 7) is 1.77. The van der Waals surface area contributed by atoms with Crippen LogP contribution in [0.1, 0.15) is 29.9 Å². The zero-order chi connectivity index (χ0) is 19.8. The van der Waals surface area contributed by atoms with Crippen LogP contribution >= 0.6 is 11.6 Å². The predicted molar refractivity (Wildman–Crippen MR) is 115 cm³/mol. The van der Waals surface area contributed by atoms with Crippen LogP contribution in [0.4, 0.5) is 11.5 Å². The fourth-order valence-electron chi connectivity index (χ4n) is 3.75.